The van der Waals surface area contributed by atoms with E-state index in [4.69, 9.17) is 16.3 Å². The zero-order valence-corrected chi connectivity index (χ0v) is 28.8. The van der Waals surface area contributed by atoms with Gasteiger partial charge in [-0.2, -0.15) is 0 Å². The highest BCUT2D eigenvalue weighted by atomic mass is 35.5. The normalized spacial score (nSPS) is 17.5. The summed E-state index contributed by atoms with van der Waals surface area (Å²) in [6, 6.07) is 12.4. The van der Waals surface area contributed by atoms with Crippen molar-refractivity contribution in [1.82, 2.24) is 19.8 Å². The van der Waals surface area contributed by atoms with Gasteiger partial charge in [-0.15, -0.1) is 0 Å². The van der Waals surface area contributed by atoms with Gasteiger partial charge in [0, 0.05) is 36.8 Å². The first-order valence-corrected chi connectivity index (χ1v) is 17.0. The molecular weight excluding hydrogens is 630 g/mol. The van der Waals surface area contributed by atoms with Gasteiger partial charge in [0.05, 0.1) is 22.7 Å². The third kappa shape index (κ3) is 8.54. The number of carbonyl (C=O) groups is 2. The molecule has 1 fully saturated rings. The third-order valence-electron chi connectivity index (χ3n) is 7.54. The first-order valence-electron chi connectivity index (χ1n) is 15.2. The lowest BCUT2D eigenvalue weighted by Gasteiger charge is -2.34. The van der Waals surface area contributed by atoms with E-state index in [1.807, 2.05) is 45.9 Å². The molecule has 2 N–H and O–H groups in total. The summed E-state index contributed by atoms with van der Waals surface area (Å²) in [4.78, 5) is 38.0. The van der Waals surface area contributed by atoms with E-state index in [1.165, 1.54) is 34.1 Å². The number of aliphatic hydroxyl groups is 1. The molecule has 2 aromatic carbocycles. The molecule has 1 aliphatic rings. The summed E-state index contributed by atoms with van der Waals surface area (Å²) < 4.78 is 34.9. The second-order valence-corrected chi connectivity index (χ2v) is 15.1. The van der Waals surface area contributed by atoms with E-state index >= 15 is 0 Å². The summed E-state index contributed by atoms with van der Waals surface area (Å²) in [6.45, 7) is 13.4. The van der Waals surface area contributed by atoms with E-state index in [0.29, 0.717) is 12.1 Å². The van der Waals surface area contributed by atoms with Crippen molar-refractivity contribution >= 4 is 39.6 Å². The molecule has 0 spiro atoms. The number of benzene rings is 2. The molecule has 1 aromatic heterocycles. The molecule has 0 aliphatic carbocycles. The lowest BCUT2D eigenvalue weighted by atomic mass is 9.98. The first-order chi connectivity index (χ1) is 21.4. The SMILES string of the molecule is Cc1cccc(C)c1-c1cc(Cl)nc(NS(=O)(=O)c2cccc(C(=O)N3CCN(C(=O)OC(C)(C)C)[C@H](CC(C)C)[C@@H](O)C3)c2)n1. The quantitative estimate of drug-likeness (QED) is 0.306. The molecule has 11 nitrogen and oxygen atoms in total. The Morgan fingerprint density at radius 1 is 1.07 bits per heavy atom. The Kier molecular flexibility index (Phi) is 10.6. The van der Waals surface area contributed by atoms with Crippen LogP contribution in [0.4, 0.5) is 10.7 Å². The fourth-order valence-electron chi connectivity index (χ4n) is 5.51. The van der Waals surface area contributed by atoms with Crippen LogP contribution < -0.4 is 4.72 Å². The molecule has 0 unspecified atom stereocenters. The number of nitrogens with one attached hydrogen (secondary N) is 1. The monoisotopic (exact) mass is 671 g/mol. The van der Waals surface area contributed by atoms with E-state index in [-0.39, 0.29) is 47.1 Å². The summed E-state index contributed by atoms with van der Waals surface area (Å²) in [5.41, 5.74) is 2.54. The van der Waals surface area contributed by atoms with Gasteiger partial charge in [-0.3, -0.25) is 4.79 Å². The maximum atomic E-state index is 13.7. The Hall–Kier alpha value is -3.74. The van der Waals surface area contributed by atoms with Crippen LogP contribution in [0.15, 0.2) is 53.4 Å². The molecule has 1 aliphatic heterocycles. The van der Waals surface area contributed by atoms with E-state index in [1.54, 1.807) is 26.8 Å². The molecule has 46 heavy (non-hydrogen) atoms. The number of halogens is 1. The number of nitrogens with zero attached hydrogens (tertiary/aromatic N) is 4. The van der Waals surface area contributed by atoms with Crippen LogP contribution in [-0.2, 0) is 14.8 Å². The van der Waals surface area contributed by atoms with Crippen LogP contribution in [0.3, 0.4) is 0 Å². The van der Waals surface area contributed by atoms with Crippen molar-refractivity contribution in [2.24, 2.45) is 5.92 Å². The molecule has 1 saturated heterocycles. The average molecular weight is 672 g/mol. The Labute approximate surface area is 276 Å². The number of sulfonamides is 1. The number of rotatable bonds is 7. The minimum Gasteiger partial charge on any atom is -0.444 e. The highest BCUT2D eigenvalue weighted by Gasteiger charge is 2.38. The number of aliphatic hydroxyl groups excluding tert-OH is 1. The van der Waals surface area contributed by atoms with Crippen LogP contribution >= 0.6 is 11.6 Å². The van der Waals surface area contributed by atoms with Gasteiger partial charge in [-0.1, -0.05) is 49.7 Å². The van der Waals surface area contributed by atoms with Gasteiger partial charge in [0.15, 0.2) is 0 Å². The number of β-amino-alcohol motifs (C(OH)–C–C–N with tert-alkyl or cyclic N) is 1. The summed E-state index contributed by atoms with van der Waals surface area (Å²) in [5.74, 6) is -0.528. The number of carbonyl (C=O) groups excluding carboxylic acids is 2. The Balaban J connectivity index is 1.58. The van der Waals surface area contributed by atoms with Gasteiger partial charge in [0.25, 0.3) is 15.9 Å². The zero-order valence-electron chi connectivity index (χ0n) is 27.2. The molecule has 2 atom stereocenters. The number of ether oxygens (including phenoxy) is 1. The summed E-state index contributed by atoms with van der Waals surface area (Å²) >= 11 is 6.27. The Morgan fingerprint density at radius 3 is 2.35 bits per heavy atom. The third-order valence-corrected chi connectivity index (χ3v) is 9.06. The molecule has 0 radical (unpaired) electrons. The average Bonchev–Trinajstić information content (AvgIpc) is 3.09. The molecule has 0 bridgehead atoms. The second-order valence-electron chi connectivity index (χ2n) is 13.0. The van der Waals surface area contributed by atoms with Crippen LogP contribution in [0.25, 0.3) is 11.3 Å². The number of hydrogen-bond acceptors (Lipinski definition) is 8. The van der Waals surface area contributed by atoms with Crippen molar-refractivity contribution in [3.8, 4) is 11.3 Å². The van der Waals surface area contributed by atoms with Crippen molar-refractivity contribution in [3.05, 3.63) is 70.4 Å². The van der Waals surface area contributed by atoms with E-state index in [2.05, 4.69) is 14.7 Å². The van der Waals surface area contributed by atoms with Crippen molar-refractivity contribution in [2.75, 3.05) is 24.4 Å². The number of hydrogen-bond donors (Lipinski definition) is 2. The largest absolute Gasteiger partial charge is 0.444 e. The fourth-order valence-corrected chi connectivity index (χ4v) is 6.68. The zero-order chi connectivity index (χ0) is 34.0. The van der Waals surface area contributed by atoms with Gasteiger partial charge in [-0.05, 0) is 76.3 Å². The summed E-state index contributed by atoms with van der Waals surface area (Å²) in [6.07, 6.45) is -1.09. The van der Waals surface area contributed by atoms with Gasteiger partial charge in [0.2, 0.25) is 5.95 Å². The number of aromatic nitrogens is 2. The molecular formula is C33H42ClN5O6S. The van der Waals surface area contributed by atoms with Crippen LogP contribution in [0.2, 0.25) is 5.15 Å². The number of aryl methyl sites for hydroxylation is 2. The minimum atomic E-state index is -4.24. The molecule has 248 valence electrons. The lowest BCUT2D eigenvalue weighted by molar-refractivity contribution is -0.00408. The van der Waals surface area contributed by atoms with Crippen molar-refractivity contribution in [2.45, 2.75) is 77.5 Å². The van der Waals surface area contributed by atoms with Gasteiger partial charge < -0.3 is 19.6 Å². The highest BCUT2D eigenvalue weighted by Crippen LogP contribution is 2.29. The fraction of sp³-hybridized carbons (Fsp3) is 0.455. The van der Waals surface area contributed by atoms with Gasteiger partial charge in [0.1, 0.15) is 10.8 Å². The molecule has 3 aromatic rings. The predicted molar refractivity (Wildman–Crippen MR) is 177 cm³/mol. The topological polar surface area (TPSA) is 142 Å². The van der Waals surface area contributed by atoms with Crippen LogP contribution in [0.5, 0.6) is 0 Å². The van der Waals surface area contributed by atoms with Crippen molar-refractivity contribution in [1.29, 1.82) is 0 Å². The molecule has 4 rings (SSSR count). The van der Waals surface area contributed by atoms with E-state index < -0.39 is 39.8 Å². The molecule has 13 heteroatoms. The van der Waals surface area contributed by atoms with Gasteiger partial charge >= 0.3 is 6.09 Å². The number of amides is 2. The smallest absolute Gasteiger partial charge is 0.410 e. The van der Waals surface area contributed by atoms with Crippen LogP contribution in [-0.4, -0.2) is 82.7 Å². The van der Waals surface area contributed by atoms with E-state index in [0.717, 1.165) is 16.7 Å². The van der Waals surface area contributed by atoms with Crippen LogP contribution in [0, 0.1) is 19.8 Å². The lowest BCUT2D eigenvalue weighted by Crippen LogP contribution is -2.49. The first kappa shape index (κ1) is 35.1. The molecule has 0 saturated carbocycles. The number of anilines is 1. The standard InChI is InChI=1S/C33H42ClN5O6S/c1-20(2)16-26-27(40)19-38(14-15-39(26)32(42)45-33(5,6)7)30(41)23-12-9-13-24(17-23)46(43,44)37-31-35-25(18-28(34)36-31)29-21(3)10-8-11-22(29)4/h8-13,17-18,20,26-27,40H,14-16,19H2,1-7H3,(H,35,36,37)/t26-,27+/m1/s1. The highest BCUT2D eigenvalue weighted by molar-refractivity contribution is 7.92. The maximum Gasteiger partial charge on any atom is 0.410 e. The van der Waals surface area contributed by atoms with E-state index in [9.17, 15) is 23.1 Å². The molecule has 2 heterocycles. The maximum absolute atomic E-state index is 13.7. The second kappa shape index (κ2) is 13.9. The summed E-state index contributed by atoms with van der Waals surface area (Å²) in [5, 5.41) is 11.3. The van der Waals surface area contributed by atoms with Crippen molar-refractivity contribution in [3.63, 3.8) is 0 Å². The summed E-state index contributed by atoms with van der Waals surface area (Å²) in [7, 11) is -4.24. The van der Waals surface area contributed by atoms with Gasteiger partial charge in [-0.25, -0.2) is 27.9 Å². The predicted octanol–water partition coefficient (Wildman–Crippen LogP) is 5.68. The molecule has 2 amide bonds. The Morgan fingerprint density at radius 2 is 1.72 bits per heavy atom. The Bertz CT molecular complexity index is 1690. The van der Waals surface area contributed by atoms with Crippen LogP contribution in [0.1, 0.15) is 62.5 Å². The van der Waals surface area contributed by atoms with Crippen molar-refractivity contribution < 1.29 is 27.9 Å². The minimum absolute atomic E-state index is 0.0395.